The first-order valence-corrected chi connectivity index (χ1v) is 8.10. The minimum atomic E-state index is 0.985. The van der Waals surface area contributed by atoms with Crippen LogP contribution in [0.15, 0.2) is 42.6 Å². The van der Waals surface area contributed by atoms with Crippen LogP contribution in [0.25, 0.3) is 22.6 Å². The van der Waals surface area contributed by atoms with E-state index in [4.69, 9.17) is 4.98 Å². The molecule has 0 bridgehead atoms. The van der Waals surface area contributed by atoms with Crippen LogP contribution in [0.5, 0.6) is 0 Å². The third-order valence-corrected chi connectivity index (χ3v) is 4.74. The summed E-state index contributed by atoms with van der Waals surface area (Å²) >= 11 is 0. The summed E-state index contributed by atoms with van der Waals surface area (Å²) in [6.07, 6.45) is 3.23. The molecule has 0 fully saturated rings. The van der Waals surface area contributed by atoms with Crippen LogP contribution >= 0.6 is 0 Å². The number of fused-ring (bicyclic) bond motifs is 3. The van der Waals surface area contributed by atoms with Crippen molar-refractivity contribution in [3.05, 3.63) is 70.4 Å². The topological polar surface area (TPSA) is 16.8 Å². The molecular formula is C21H21N2+. The Morgan fingerprint density at radius 2 is 1.57 bits per heavy atom. The van der Waals surface area contributed by atoms with Gasteiger partial charge in [0, 0.05) is 17.5 Å². The van der Waals surface area contributed by atoms with Crippen LogP contribution in [0.2, 0.25) is 0 Å². The predicted molar refractivity (Wildman–Crippen MR) is 93.3 cm³/mol. The molecule has 0 amide bonds. The van der Waals surface area contributed by atoms with Gasteiger partial charge in [0.25, 0.3) is 0 Å². The number of hydrogen-bond donors (Lipinski definition) is 0. The first-order valence-electron chi connectivity index (χ1n) is 8.10. The van der Waals surface area contributed by atoms with Crippen LogP contribution in [0.3, 0.4) is 0 Å². The Labute approximate surface area is 137 Å². The van der Waals surface area contributed by atoms with E-state index in [1.165, 1.54) is 38.9 Å². The lowest BCUT2D eigenvalue weighted by Gasteiger charge is -2.06. The highest BCUT2D eigenvalue weighted by molar-refractivity contribution is 5.75. The summed E-state index contributed by atoms with van der Waals surface area (Å²) in [7, 11) is 2.10. The van der Waals surface area contributed by atoms with Gasteiger partial charge in [-0.3, -0.25) is 0 Å². The fourth-order valence-corrected chi connectivity index (χ4v) is 3.47. The number of rotatable bonds is 1. The second-order valence-corrected chi connectivity index (χ2v) is 6.71. The number of hydrogen-bond acceptors (Lipinski definition) is 1. The van der Waals surface area contributed by atoms with Gasteiger partial charge in [-0.05, 0) is 49.0 Å². The number of nitrogens with zero attached hydrogens (tertiary/aromatic N) is 2. The van der Waals surface area contributed by atoms with E-state index < -0.39 is 0 Å². The molecule has 1 aliphatic rings. The molecule has 0 saturated carbocycles. The molecule has 0 radical (unpaired) electrons. The largest absolute Gasteiger partial charge is 0.331 e. The van der Waals surface area contributed by atoms with E-state index in [1.54, 1.807) is 0 Å². The van der Waals surface area contributed by atoms with Gasteiger partial charge in [-0.25, -0.2) is 4.57 Å². The maximum Gasteiger partial charge on any atom is 0.331 e. The van der Waals surface area contributed by atoms with Crippen molar-refractivity contribution in [2.24, 2.45) is 7.05 Å². The van der Waals surface area contributed by atoms with Crippen LogP contribution in [-0.2, 0) is 13.5 Å². The Balaban J connectivity index is 1.95. The van der Waals surface area contributed by atoms with Crippen molar-refractivity contribution in [3.8, 4) is 22.6 Å². The number of aromatic nitrogens is 2. The SMILES string of the molecule is Cc1ccc(C)c(-c2nc3c(c[n+]2C)Cc2ccc(C)cc2-3)c1. The number of aryl methyl sites for hydroxylation is 4. The summed E-state index contributed by atoms with van der Waals surface area (Å²) in [5.74, 6) is 1.04. The van der Waals surface area contributed by atoms with Gasteiger partial charge in [0.1, 0.15) is 0 Å². The summed E-state index contributed by atoms with van der Waals surface area (Å²) in [5.41, 5.74) is 10.2. The summed E-state index contributed by atoms with van der Waals surface area (Å²) in [4.78, 5) is 5.07. The van der Waals surface area contributed by atoms with E-state index >= 15 is 0 Å². The molecule has 4 rings (SSSR count). The monoisotopic (exact) mass is 301 g/mol. The van der Waals surface area contributed by atoms with Crippen LogP contribution in [0.4, 0.5) is 0 Å². The highest BCUT2D eigenvalue weighted by Gasteiger charge is 2.28. The number of benzene rings is 2. The molecule has 0 unspecified atom stereocenters. The Bertz CT molecular complexity index is 939. The molecule has 1 aliphatic carbocycles. The second-order valence-electron chi connectivity index (χ2n) is 6.71. The maximum absolute atomic E-state index is 5.07. The lowest BCUT2D eigenvalue weighted by Crippen LogP contribution is -2.33. The average molecular weight is 301 g/mol. The molecular weight excluding hydrogens is 280 g/mol. The molecule has 0 aliphatic heterocycles. The molecule has 23 heavy (non-hydrogen) atoms. The fourth-order valence-electron chi connectivity index (χ4n) is 3.47. The van der Waals surface area contributed by atoms with E-state index in [9.17, 15) is 0 Å². The van der Waals surface area contributed by atoms with Crippen LogP contribution in [-0.4, -0.2) is 4.98 Å². The van der Waals surface area contributed by atoms with Gasteiger partial charge in [0.2, 0.25) is 0 Å². The van der Waals surface area contributed by atoms with Gasteiger partial charge in [0.15, 0.2) is 5.69 Å². The van der Waals surface area contributed by atoms with E-state index in [2.05, 4.69) is 75.0 Å². The first kappa shape index (κ1) is 14.1. The highest BCUT2D eigenvalue weighted by Crippen LogP contribution is 2.36. The van der Waals surface area contributed by atoms with Crippen LogP contribution < -0.4 is 4.57 Å². The van der Waals surface area contributed by atoms with Gasteiger partial charge in [0.05, 0.1) is 18.8 Å². The van der Waals surface area contributed by atoms with Gasteiger partial charge in [-0.2, -0.15) is 0 Å². The van der Waals surface area contributed by atoms with E-state index in [1.807, 2.05) is 0 Å². The fraction of sp³-hybridized carbons (Fsp3) is 0.238. The second kappa shape index (κ2) is 5.02. The minimum absolute atomic E-state index is 0.985. The van der Waals surface area contributed by atoms with Crippen molar-refractivity contribution >= 4 is 0 Å². The molecule has 2 aromatic carbocycles. The lowest BCUT2D eigenvalue weighted by molar-refractivity contribution is -0.663. The van der Waals surface area contributed by atoms with Crippen molar-refractivity contribution in [1.82, 2.24) is 4.98 Å². The van der Waals surface area contributed by atoms with Gasteiger partial charge >= 0.3 is 5.82 Å². The summed E-state index contributed by atoms with van der Waals surface area (Å²) < 4.78 is 2.17. The van der Waals surface area contributed by atoms with Gasteiger partial charge < -0.3 is 0 Å². The Kier molecular flexibility index (Phi) is 3.08. The molecule has 3 aromatic rings. The quantitative estimate of drug-likeness (QED) is 0.484. The average Bonchev–Trinajstić information content (AvgIpc) is 2.85. The zero-order valence-corrected chi connectivity index (χ0v) is 14.1. The zero-order chi connectivity index (χ0) is 16.1. The standard InChI is InChI=1S/C21H21N2/c1-13-5-7-15(3)18(9-13)21-22-20-17(12-23(21)4)11-16-8-6-14(2)10-19(16)20/h5-10,12H,11H2,1-4H3/q+1. The van der Waals surface area contributed by atoms with Crippen LogP contribution in [0, 0.1) is 20.8 Å². The van der Waals surface area contributed by atoms with Crippen molar-refractivity contribution in [2.75, 3.05) is 0 Å². The van der Waals surface area contributed by atoms with Crippen molar-refractivity contribution in [3.63, 3.8) is 0 Å². The summed E-state index contributed by atoms with van der Waals surface area (Å²) in [6.45, 7) is 6.43. The first-order chi connectivity index (χ1) is 11.0. The molecule has 1 heterocycles. The Morgan fingerprint density at radius 1 is 0.870 bits per heavy atom. The molecule has 0 spiro atoms. The van der Waals surface area contributed by atoms with Crippen molar-refractivity contribution < 1.29 is 4.57 Å². The van der Waals surface area contributed by atoms with Gasteiger partial charge in [-0.1, -0.05) is 35.4 Å². The lowest BCUT2D eigenvalue weighted by atomic mass is 10.0. The molecule has 1 aromatic heterocycles. The molecule has 2 heteroatoms. The van der Waals surface area contributed by atoms with E-state index in [0.29, 0.717) is 0 Å². The Hall–Kier alpha value is -2.48. The molecule has 2 nitrogen and oxygen atoms in total. The zero-order valence-electron chi connectivity index (χ0n) is 14.1. The summed E-state index contributed by atoms with van der Waals surface area (Å²) in [5, 5.41) is 0. The van der Waals surface area contributed by atoms with Crippen molar-refractivity contribution in [1.29, 1.82) is 0 Å². The maximum atomic E-state index is 5.07. The minimum Gasteiger partial charge on any atom is -0.233 e. The van der Waals surface area contributed by atoms with Gasteiger partial charge in [-0.15, -0.1) is 0 Å². The van der Waals surface area contributed by atoms with E-state index in [0.717, 1.165) is 17.9 Å². The Morgan fingerprint density at radius 3 is 2.35 bits per heavy atom. The van der Waals surface area contributed by atoms with Crippen molar-refractivity contribution in [2.45, 2.75) is 27.2 Å². The highest BCUT2D eigenvalue weighted by atomic mass is 15.0. The predicted octanol–water partition coefficient (Wildman–Crippen LogP) is 4.07. The molecule has 114 valence electrons. The normalized spacial score (nSPS) is 12.2. The summed E-state index contributed by atoms with van der Waals surface area (Å²) in [6, 6.07) is 13.3. The van der Waals surface area contributed by atoms with Crippen LogP contribution in [0.1, 0.15) is 27.8 Å². The molecule has 0 atom stereocenters. The third-order valence-electron chi connectivity index (χ3n) is 4.74. The smallest absolute Gasteiger partial charge is 0.233 e. The molecule has 0 saturated heterocycles. The third kappa shape index (κ3) is 2.26. The molecule has 0 N–H and O–H groups in total. The van der Waals surface area contributed by atoms with E-state index in [-0.39, 0.29) is 0 Å².